The van der Waals surface area contributed by atoms with E-state index in [1.54, 1.807) is 0 Å². The molecule has 2 fully saturated rings. The van der Waals surface area contributed by atoms with Crippen molar-refractivity contribution in [2.45, 2.75) is 50.7 Å². The van der Waals surface area contributed by atoms with E-state index in [2.05, 4.69) is 18.3 Å². The largest absolute Gasteiger partial charge is 0.393 e. The van der Waals surface area contributed by atoms with Crippen LogP contribution < -0.4 is 5.32 Å². The van der Waals surface area contributed by atoms with Crippen molar-refractivity contribution in [1.82, 2.24) is 4.90 Å². The molecule has 2 N–H and O–H groups in total. The Balaban J connectivity index is 1.48. The third-order valence-corrected chi connectivity index (χ3v) is 5.60. The Morgan fingerprint density at radius 3 is 2.78 bits per heavy atom. The number of amides is 2. The number of fused-ring (bicyclic) bond motifs is 2. The maximum atomic E-state index is 12.5. The van der Waals surface area contributed by atoms with Gasteiger partial charge in [0.15, 0.2) is 0 Å². The molecule has 1 unspecified atom stereocenters. The van der Waals surface area contributed by atoms with Crippen LogP contribution in [0.4, 0.5) is 10.5 Å². The first-order valence-corrected chi connectivity index (χ1v) is 8.67. The minimum atomic E-state index is -0.219. The molecule has 2 amide bonds. The third kappa shape index (κ3) is 2.64. The van der Waals surface area contributed by atoms with Gasteiger partial charge in [-0.25, -0.2) is 4.79 Å². The average molecular weight is 333 g/mol. The predicted molar refractivity (Wildman–Crippen MR) is 90.6 cm³/mol. The smallest absolute Gasteiger partial charge is 0.326 e. The minimum absolute atomic E-state index is 0.0543. The number of aliphatic hydroxyl groups excluding tert-OH is 1. The Hall–Kier alpha value is -1.52. The molecule has 4 nitrogen and oxygen atoms in total. The Morgan fingerprint density at radius 2 is 2.13 bits per heavy atom. The van der Waals surface area contributed by atoms with Crippen LogP contribution in [0.15, 0.2) is 30.0 Å². The van der Waals surface area contributed by atoms with E-state index in [9.17, 15) is 9.90 Å². The van der Waals surface area contributed by atoms with E-state index in [4.69, 9.17) is 11.6 Å². The fourth-order valence-electron chi connectivity index (χ4n) is 3.97. The zero-order chi connectivity index (χ0) is 16.1. The average Bonchev–Trinajstić information content (AvgIpc) is 2.45. The SMILES string of the molecule is C[C@H]1C=C2CC(C1)N2C(=O)Nc1ccc(Cl)c(C2CC(O)C2)c1. The maximum absolute atomic E-state index is 12.5. The van der Waals surface area contributed by atoms with Crippen molar-refractivity contribution in [3.8, 4) is 0 Å². The van der Waals surface area contributed by atoms with Crippen LogP contribution in [0.5, 0.6) is 0 Å². The van der Waals surface area contributed by atoms with Crippen LogP contribution in [-0.2, 0) is 0 Å². The molecular weight excluding hydrogens is 312 g/mol. The first-order valence-electron chi connectivity index (χ1n) is 8.29. The maximum Gasteiger partial charge on any atom is 0.326 e. The molecule has 2 aliphatic carbocycles. The van der Waals surface area contributed by atoms with Gasteiger partial charge in [0.25, 0.3) is 0 Å². The highest BCUT2D eigenvalue weighted by atomic mass is 35.5. The van der Waals surface area contributed by atoms with Gasteiger partial charge in [0.05, 0.1) is 6.10 Å². The number of nitrogens with zero attached hydrogens (tertiary/aromatic N) is 1. The number of hydrogen-bond donors (Lipinski definition) is 2. The number of carbonyl (C=O) groups excluding carboxylic acids is 1. The molecule has 2 aliphatic heterocycles. The number of aliphatic hydroxyl groups is 1. The van der Waals surface area contributed by atoms with Gasteiger partial charge < -0.3 is 10.4 Å². The Bertz CT molecular complexity index is 682. The van der Waals surface area contributed by atoms with Gasteiger partial charge in [-0.05, 0) is 54.9 Å². The van der Waals surface area contributed by atoms with Crippen LogP contribution in [-0.4, -0.2) is 28.2 Å². The molecule has 23 heavy (non-hydrogen) atoms. The summed E-state index contributed by atoms with van der Waals surface area (Å²) in [7, 11) is 0. The topological polar surface area (TPSA) is 52.6 Å². The number of urea groups is 1. The zero-order valence-electron chi connectivity index (χ0n) is 13.1. The van der Waals surface area contributed by atoms with E-state index in [-0.39, 0.29) is 12.1 Å². The lowest BCUT2D eigenvalue weighted by molar-refractivity contribution is 0.0747. The first-order chi connectivity index (χ1) is 11.0. The number of nitrogens with one attached hydrogen (secondary N) is 1. The van der Waals surface area contributed by atoms with Crippen LogP contribution in [0.25, 0.3) is 0 Å². The molecule has 2 atom stereocenters. The van der Waals surface area contributed by atoms with E-state index < -0.39 is 0 Å². The van der Waals surface area contributed by atoms with Crippen molar-refractivity contribution in [1.29, 1.82) is 0 Å². The highest BCUT2D eigenvalue weighted by Gasteiger charge is 2.41. The lowest BCUT2D eigenvalue weighted by Gasteiger charge is -2.48. The Kier molecular flexibility index (Phi) is 3.62. The van der Waals surface area contributed by atoms with E-state index in [1.807, 2.05) is 23.1 Å². The van der Waals surface area contributed by atoms with Crippen LogP contribution >= 0.6 is 11.6 Å². The van der Waals surface area contributed by atoms with Gasteiger partial charge in [-0.2, -0.15) is 0 Å². The lowest BCUT2D eigenvalue weighted by atomic mass is 9.77. The summed E-state index contributed by atoms with van der Waals surface area (Å²) in [6, 6.07) is 5.91. The van der Waals surface area contributed by atoms with Crippen LogP contribution in [0, 0.1) is 5.92 Å². The second kappa shape index (κ2) is 5.53. The van der Waals surface area contributed by atoms with Crippen molar-refractivity contribution in [2.75, 3.05) is 5.32 Å². The molecular formula is C18H21ClN2O2. The number of halogens is 1. The van der Waals surface area contributed by atoms with Crippen molar-refractivity contribution >= 4 is 23.3 Å². The van der Waals surface area contributed by atoms with Crippen molar-refractivity contribution in [3.63, 3.8) is 0 Å². The standard InChI is InChI=1S/C18H21ClN2O2/c1-10-4-13-9-14(5-10)21(13)18(23)20-12-2-3-17(19)16(8-12)11-6-15(22)7-11/h2-4,8,10-11,14-15,22H,5-7,9H2,1H3,(H,20,23)/t10-,11?,14?,15?/m0/s1. The quantitative estimate of drug-likeness (QED) is 0.856. The molecule has 1 saturated heterocycles. The summed E-state index contributed by atoms with van der Waals surface area (Å²) in [6.07, 6.45) is 5.53. The summed E-state index contributed by atoms with van der Waals surface area (Å²) in [6.45, 7) is 2.19. The van der Waals surface area contributed by atoms with E-state index >= 15 is 0 Å². The van der Waals surface area contributed by atoms with Crippen LogP contribution in [0.3, 0.4) is 0 Å². The Labute approximate surface area is 141 Å². The number of benzene rings is 1. The summed E-state index contributed by atoms with van der Waals surface area (Å²) in [5.41, 5.74) is 2.93. The fraction of sp³-hybridized carbons (Fsp3) is 0.500. The van der Waals surface area contributed by atoms with Gasteiger partial charge in [0, 0.05) is 28.9 Å². The summed E-state index contributed by atoms with van der Waals surface area (Å²) < 4.78 is 0. The molecule has 2 heterocycles. The van der Waals surface area contributed by atoms with E-state index in [1.165, 1.54) is 0 Å². The van der Waals surface area contributed by atoms with E-state index in [0.717, 1.165) is 42.6 Å². The number of carbonyl (C=O) groups is 1. The molecule has 2 bridgehead atoms. The van der Waals surface area contributed by atoms with Gasteiger partial charge in [0.1, 0.15) is 0 Å². The zero-order valence-corrected chi connectivity index (χ0v) is 13.9. The van der Waals surface area contributed by atoms with Crippen molar-refractivity contribution in [3.05, 3.63) is 40.6 Å². The summed E-state index contributed by atoms with van der Waals surface area (Å²) in [4.78, 5) is 14.4. The molecule has 5 heteroatoms. The lowest BCUT2D eigenvalue weighted by Crippen LogP contribution is -2.53. The molecule has 0 spiro atoms. The third-order valence-electron chi connectivity index (χ3n) is 5.26. The molecule has 4 aliphatic rings. The van der Waals surface area contributed by atoms with Gasteiger partial charge in [0.2, 0.25) is 0 Å². The molecule has 122 valence electrons. The summed E-state index contributed by atoms with van der Waals surface area (Å²) in [5.74, 6) is 0.862. The minimum Gasteiger partial charge on any atom is -0.393 e. The summed E-state index contributed by atoms with van der Waals surface area (Å²) in [5, 5.41) is 13.2. The molecule has 0 radical (unpaired) electrons. The van der Waals surface area contributed by atoms with Crippen LogP contribution in [0.2, 0.25) is 5.02 Å². The first kappa shape index (κ1) is 15.0. The number of rotatable bonds is 2. The van der Waals surface area contributed by atoms with Gasteiger partial charge in [-0.3, -0.25) is 4.90 Å². The number of anilines is 1. The fourth-order valence-corrected chi connectivity index (χ4v) is 4.24. The number of allylic oxidation sites excluding steroid dienone is 1. The highest BCUT2D eigenvalue weighted by molar-refractivity contribution is 6.31. The molecule has 1 aromatic carbocycles. The normalized spacial score (nSPS) is 31.8. The number of hydrogen-bond acceptors (Lipinski definition) is 2. The van der Waals surface area contributed by atoms with Gasteiger partial charge in [-0.1, -0.05) is 24.6 Å². The van der Waals surface area contributed by atoms with Gasteiger partial charge >= 0.3 is 6.03 Å². The van der Waals surface area contributed by atoms with Crippen molar-refractivity contribution in [2.24, 2.45) is 5.92 Å². The molecule has 0 aromatic heterocycles. The van der Waals surface area contributed by atoms with Crippen molar-refractivity contribution < 1.29 is 9.90 Å². The Morgan fingerprint density at radius 1 is 1.35 bits per heavy atom. The second-order valence-electron chi connectivity index (χ2n) is 7.09. The predicted octanol–water partition coefficient (Wildman–Crippen LogP) is 4.11. The molecule has 5 rings (SSSR count). The van der Waals surface area contributed by atoms with Gasteiger partial charge in [-0.15, -0.1) is 0 Å². The van der Waals surface area contributed by atoms with Crippen LogP contribution in [0.1, 0.15) is 44.1 Å². The summed E-state index contributed by atoms with van der Waals surface area (Å²) >= 11 is 6.27. The highest BCUT2D eigenvalue weighted by Crippen LogP contribution is 2.42. The molecule has 1 saturated carbocycles. The second-order valence-corrected chi connectivity index (χ2v) is 7.49. The monoisotopic (exact) mass is 332 g/mol. The van der Waals surface area contributed by atoms with E-state index in [0.29, 0.717) is 22.9 Å². The molecule has 1 aromatic rings.